The smallest absolute Gasteiger partial charge is 0.290 e. The maximum Gasteiger partial charge on any atom is 0.290 e. The number of para-hydroxylation sites is 1. The van der Waals surface area contributed by atoms with Gasteiger partial charge in [-0.1, -0.05) is 38.1 Å². The van der Waals surface area contributed by atoms with Crippen molar-refractivity contribution in [1.29, 1.82) is 0 Å². The number of hydrogen-bond acceptors (Lipinski definition) is 7. The molecule has 0 bridgehead atoms. The molecular weight excluding hydrogens is 448 g/mol. The highest BCUT2D eigenvalue weighted by Crippen LogP contribution is 2.42. The number of nitrogens with zero attached hydrogens (tertiary/aromatic N) is 2. The van der Waals surface area contributed by atoms with Gasteiger partial charge < -0.3 is 29.2 Å². The van der Waals surface area contributed by atoms with Crippen molar-refractivity contribution in [2.24, 2.45) is 0 Å². The predicted molar refractivity (Wildman–Crippen MR) is 132 cm³/mol. The number of methoxy groups -OCH3 is 1. The Morgan fingerprint density at radius 3 is 2.54 bits per heavy atom. The lowest BCUT2D eigenvalue weighted by molar-refractivity contribution is -0.129. The van der Waals surface area contributed by atoms with Crippen LogP contribution in [-0.2, 0) is 4.79 Å². The fourth-order valence-electron chi connectivity index (χ4n) is 4.56. The van der Waals surface area contributed by atoms with E-state index >= 15 is 0 Å². The van der Waals surface area contributed by atoms with Gasteiger partial charge in [0, 0.05) is 11.9 Å². The Morgan fingerprint density at radius 1 is 1.11 bits per heavy atom. The van der Waals surface area contributed by atoms with Crippen LogP contribution < -0.4 is 4.74 Å². The molecule has 2 heterocycles. The lowest BCUT2D eigenvalue weighted by atomic mass is 9.94. The summed E-state index contributed by atoms with van der Waals surface area (Å²) >= 11 is 0. The van der Waals surface area contributed by atoms with Gasteiger partial charge in [-0.25, -0.2) is 0 Å². The fourth-order valence-corrected chi connectivity index (χ4v) is 4.56. The van der Waals surface area contributed by atoms with Crippen molar-refractivity contribution in [2.45, 2.75) is 26.3 Å². The van der Waals surface area contributed by atoms with Crippen LogP contribution in [0.1, 0.15) is 42.4 Å². The van der Waals surface area contributed by atoms with E-state index < -0.39 is 23.5 Å². The molecule has 0 radical (unpaired) electrons. The number of fused-ring (bicyclic) bond motifs is 1. The van der Waals surface area contributed by atoms with E-state index in [1.165, 1.54) is 18.1 Å². The molecule has 1 aromatic heterocycles. The molecule has 1 amide bonds. The van der Waals surface area contributed by atoms with E-state index in [4.69, 9.17) is 9.15 Å². The second kappa shape index (κ2) is 10.2. The van der Waals surface area contributed by atoms with E-state index in [0.717, 1.165) is 25.0 Å². The lowest BCUT2D eigenvalue weighted by Crippen LogP contribution is -2.34. The molecule has 1 aliphatic rings. The normalized spacial score (nSPS) is 16.1. The monoisotopic (exact) mass is 478 g/mol. The molecule has 8 heteroatoms. The van der Waals surface area contributed by atoms with Crippen molar-refractivity contribution in [3.8, 4) is 11.5 Å². The minimum absolute atomic E-state index is 0.0429. The number of aromatic hydroxyl groups is 1. The van der Waals surface area contributed by atoms with Gasteiger partial charge in [-0.15, -0.1) is 0 Å². The second-order valence-electron chi connectivity index (χ2n) is 8.45. The number of aliphatic hydroxyl groups is 1. The van der Waals surface area contributed by atoms with Crippen LogP contribution in [0.4, 0.5) is 0 Å². The molecule has 0 saturated heterocycles. The Labute approximate surface area is 204 Å². The van der Waals surface area contributed by atoms with Gasteiger partial charge in [0.15, 0.2) is 23.0 Å². The molecule has 184 valence electrons. The molecule has 2 aromatic carbocycles. The number of phenolic OH excluding ortho intramolecular Hbond substituents is 1. The summed E-state index contributed by atoms with van der Waals surface area (Å²) in [7, 11) is 1.42. The van der Waals surface area contributed by atoms with Crippen molar-refractivity contribution in [3.63, 3.8) is 0 Å². The number of ketones is 1. The Balaban J connectivity index is 1.73. The largest absolute Gasteiger partial charge is 0.504 e. The third kappa shape index (κ3) is 4.61. The Hall–Kier alpha value is -3.78. The summed E-state index contributed by atoms with van der Waals surface area (Å²) in [5, 5.41) is 21.7. The minimum Gasteiger partial charge on any atom is -0.504 e. The summed E-state index contributed by atoms with van der Waals surface area (Å²) in [6.45, 7) is 7.05. The number of carbonyl (C=O) groups excluding carboxylic acids is 2. The number of ether oxygens (including phenoxy) is 1. The van der Waals surface area contributed by atoms with E-state index in [1.54, 1.807) is 30.3 Å². The third-order valence-corrected chi connectivity index (χ3v) is 6.48. The number of amides is 1. The molecule has 0 aliphatic carbocycles. The number of benzene rings is 2. The van der Waals surface area contributed by atoms with Gasteiger partial charge >= 0.3 is 0 Å². The summed E-state index contributed by atoms with van der Waals surface area (Å²) in [6, 6.07) is 12.6. The Kier molecular flexibility index (Phi) is 7.12. The molecule has 3 aromatic rings. The van der Waals surface area contributed by atoms with Gasteiger partial charge in [0.1, 0.15) is 5.58 Å². The summed E-state index contributed by atoms with van der Waals surface area (Å²) in [6.07, 6.45) is 0.665. The molecule has 0 fully saturated rings. The molecule has 2 N–H and O–H groups in total. The number of phenols is 1. The number of Topliss-reactive ketones (excluding diaryl/α,β-unsaturated/α-hetero) is 1. The van der Waals surface area contributed by atoms with Crippen LogP contribution in [0, 0.1) is 0 Å². The predicted octanol–water partition coefficient (Wildman–Crippen LogP) is 4.46. The molecule has 8 nitrogen and oxygen atoms in total. The summed E-state index contributed by atoms with van der Waals surface area (Å²) < 4.78 is 11.0. The fraction of sp³-hybridized carbons (Fsp3) is 0.333. The molecule has 1 atom stereocenters. The highest BCUT2D eigenvalue weighted by Gasteiger charge is 2.44. The third-order valence-electron chi connectivity index (χ3n) is 6.48. The Bertz CT molecular complexity index is 1240. The molecule has 0 saturated carbocycles. The first-order valence-electron chi connectivity index (χ1n) is 11.8. The maximum atomic E-state index is 13.6. The molecule has 1 aliphatic heterocycles. The van der Waals surface area contributed by atoms with Crippen LogP contribution in [0.25, 0.3) is 11.0 Å². The topological polar surface area (TPSA) is 103 Å². The number of hydrogen-bond donors (Lipinski definition) is 2. The molecular formula is C27H30N2O6. The highest BCUT2D eigenvalue weighted by molar-refractivity contribution is 6.16. The van der Waals surface area contributed by atoms with Crippen molar-refractivity contribution in [2.75, 3.05) is 33.3 Å². The summed E-state index contributed by atoms with van der Waals surface area (Å²) in [5.74, 6) is -1.57. The Morgan fingerprint density at radius 2 is 1.86 bits per heavy atom. The van der Waals surface area contributed by atoms with Gasteiger partial charge in [-0.05, 0) is 55.9 Å². The molecule has 35 heavy (non-hydrogen) atoms. The van der Waals surface area contributed by atoms with Crippen molar-refractivity contribution < 1.29 is 29.0 Å². The number of furan rings is 1. The summed E-state index contributed by atoms with van der Waals surface area (Å²) in [4.78, 5) is 30.5. The zero-order valence-corrected chi connectivity index (χ0v) is 20.2. The quantitative estimate of drug-likeness (QED) is 0.415. The van der Waals surface area contributed by atoms with Gasteiger partial charge in [-0.3, -0.25) is 9.59 Å². The van der Waals surface area contributed by atoms with Crippen LogP contribution in [0.2, 0.25) is 0 Å². The minimum atomic E-state index is -0.852. The number of carbonyl (C=O) groups is 2. The SMILES string of the molecule is CCN(CC)CCCN1C(=O)C(O)=C(C(=O)c2cc3ccccc3o2)C1c1ccc(O)c(OC)c1. The van der Waals surface area contributed by atoms with Crippen molar-refractivity contribution >= 4 is 22.7 Å². The maximum absolute atomic E-state index is 13.6. The molecule has 4 rings (SSSR count). The second-order valence-corrected chi connectivity index (χ2v) is 8.45. The van der Waals surface area contributed by atoms with E-state index in [2.05, 4.69) is 18.7 Å². The highest BCUT2D eigenvalue weighted by atomic mass is 16.5. The van der Waals surface area contributed by atoms with E-state index in [1.807, 2.05) is 12.1 Å². The summed E-state index contributed by atoms with van der Waals surface area (Å²) in [5.41, 5.74) is 1.03. The van der Waals surface area contributed by atoms with Gasteiger partial charge in [-0.2, -0.15) is 0 Å². The van der Waals surface area contributed by atoms with Gasteiger partial charge in [0.05, 0.1) is 18.7 Å². The van der Waals surface area contributed by atoms with Crippen LogP contribution in [0.5, 0.6) is 11.5 Å². The zero-order valence-electron chi connectivity index (χ0n) is 20.2. The van der Waals surface area contributed by atoms with Crippen molar-refractivity contribution in [1.82, 2.24) is 9.80 Å². The zero-order chi connectivity index (χ0) is 25.1. The van der Waals surface area contributed by atoms with Crippen LogP contribution in [0.15, 0.2) is 64.3 Å². The van der Waals surface area contributed by atoms with Crippen LogP contribution >= 0.6 is 0 Å². The average molecular weight is 479 g/mol. The van der Waals surface area contributed by atoms with E-state index in [0.29, 0.717) is 24.1 Å². The van der Waals surface area contributed by atoms with Crippen molar-refractivity contribution in [3.05, 3.63) is 71.2 Å². The lowest BCUT2D eigenvalue weighted by Gasteiger charge is -2.28. The van der Waals surface area contributed by atoms with Crippen LogP contribution in [0.3, 0.4) is 0 Å². The first-order chi connectivity index (χ1) is 16.9. The van der Waals surface area contributed by atoms with Gasteiger partial charge in [0.25, 0.3) is 5.91 Å². The molecule has 0 spiro atoms. The van der Waals surface area contributed by atoms with Gasteiger partial charge in [0.2, 0.25) is 5.78 Å². The number of rotatable bonds is 10. The average Bonchev–Trinajstić information content (AvgIpc) is 3.41. The van der Waals surface area contributed by atoms with E-state index in [-0.39, 0.29) is 22.8 Å². The standard InChI is InChI=1S/C27H30N2O6/c1-4-28(5-2)13-8-14-29-24(18-11-12-19(30)21(16-18)34-3)23(26(32)27(29)33)25(31)22-15-17-9-6-7-10-20(17)35-22/h6-7,9-12,15-16,24,30,32H,4-5,8,13-14H2,1-3H3. The number of aliphatic hydroxyl groups excluding tert-OH is 1. The first kappa shape index (κ1) is 24.3. The first-order valence-corrected chi connectivity index (χ1v) is 11.8. The molecule has 1 unspecified atom stereocenters. The van der Waals surface area contributed by atoms with Crippen LogP contribution in [-0.4, -0.2) is 65.0 Å². The van der Waals surface area contributed by atoms with E-state index in [9.17, 15) is 19.8 Å².